The van der Waals surface area contributed by atoms with E-state index < -0.39 is 18.8 Å². The second kappa shape index (κ2) is 9.21. The van der Waals surface area contributed by atoms with Crippen molar-refractivity contribution in [2.75, 3.05) is 11.9 Å². The smallest absolute Gasteiger partial charge is 0.329 e. The summed E-state index contributed by atoms with van der Waals surface area (Å²) in [5, 5.41) is 20.7. The number of benzene rings is 1. The Labute approximate surface area is 180 Å². The standard InChI is InChI=1S/C20H19F3N6OS/c1-2-16(24)31-18(25)13-6-7-29-15(10-26-17(29)9-13)12-4-3-5-14(8-12)28-19(30)27-11-20(21,22)23/h3-10,24-25H,2,11H2,1H3,(H2,27,28,30). The van der Waals surface area contributed by atoms with Crippen molar-refractivity contribution in [2.24, 2.45) is 0 Å². The third kappa shape index (κ3) is 5.85. The second-order valence-electron chi connectivity index (χ2n) is 6.50. The molecule has 0 radical (unpaired) electrons. The first-order chi connectivity index (χ1) is 14.7. The Kier molecular flexibility index (Phi) is 6.64. The molecular formula is C20H19F3N6OS. The number of nitrogens with zero attached hydrogens (tertiary/aromatic N) is 2. The van der Waals surface area contributed by atoms with Gasteiger partial charge in [0.2, 0.25) is 0 Å². The van der Waals surface area contributed by atoms with Crippen molar-refractivity contribution >= 4 is 39.2 Å². The molecule has 2 amide bonds. The maximum atomic E-state index is 12.2. The van der Waals surface area contributed by atoms with Gasteiger partial charge in [-0.25, -0.2) is 9.78 Å². The topological polar surface area (TPSA) is 106 Å². The highest BCUT2D eigenvalue weighted by atomic mass is 32.2. The van der Waals surface area contributed by atoms with Gasteiger partial charge in [0.25, 0.3) is 0 Å². The molecular weight excluding hydrogens is 429 g/mol. The number of anilines is 1. The number of hydrogen-bond donors (Lipinski definition) is 4. The molecule has 162 valence electrons. The molecule has 31 heavy (non-hydrogen) atoms. The number of thioether (sulfide) groups is 1. The summed E-state index contributed by atoms with van der Waals surface area (Å²) in [4.78, 5) is 16.1. The van der Waals surface area contributed by atoms with Crippen molar-refractivity contribution in [3.63, 3.8) is 0 Å². The molecule has 0 aliphatic heterocycles. The third-order valence-corrected chi connectivity index (χ3v) is 5.16. The van der Waals surface area contributed by atoms with E-state index in [1.165, 1.54) is 0 Å². The average Bonchev–Trinajstić information content (AvgIpc) is 3.15. The van der Waals surface area contributed by atoms with Crippen LogP contribution in [0.15, 0.2) is 48.8 Å². The molecule has 3 aromatic rings. The molecule has 0 aliphatic rings. The molecule has 0 saturated heterocycles. The highest BCUT2D eigenvalue weighted by Crippen LogP contribution is 2.25. The van der Waals surface area contributed by atoms with Crippen LogP contribution in [-0.2, 0) is 0 Å². The Balaban J connectivity index is 1.79. The lowest BCUT2D eigenvalue weighted by Crippen LogP contribution is -2.36. The first-order valence-corrected chi connectivity index (χ1v) is 10.0. The van der Waals surface area contributed by atoms with E-state index in [1.54, 1.807) is 58.5 Å². The van der Waals surface area contributed by atoms with E-state index in [0.29, 0.717) is 39.6 Å². The molecule has 0 bridgehead atoms. The summed E-state index contributed by atoms with van der Waals surface area (Å²) in [6, 6.07) is 9.20. The summed E-state index contributed by atoms with van der Waals surface area (Å²) in [5.41, 5.74) is 2.99. The molecule has 0 spiro atoms. The van der Waals surface area contributed by atoms with Crippen molar-refractivity contribution < 1.29 is 18.0 Å². The Morgan fingerprint density at radius 2 is 2.00 bits per heavy atom. The van der Waals surface area contributed by atoms with Gasteiger partial charge in [-0.2, -0.15) is 13.2 Å². The van der Waals surface area contributed by atoms with Gasteiger partial charge in [-0.05, 0) is 30.7 Å². The van der Waals surface area contributed by atoms with E-state index in [0.717, 1.165) is 11.8 Å². The average molecular weight is 448 g/mol. The fourth-order valence-electron chi connectivity index (χ4n) is 2.70. The maximum absolute atomic E-state index is 12.2. The summed E-state index contributed by atoms with van der Waals surface area (Å²) in [7, 11) is 0. The van der Waals surface area contributed by atoms with Crippen LogP contribution in [0, 0.1) is 10.8 Å². The number of carbonyl (C=O) groups excluding carboxylic acids is 1. The molecule has 7 nitrogen and oxygen atoms in total. The van der Waals surface area contributed by atoms with Crippen molar-refractivity contribution in [1.29, 1.82) is 10.8 Å². The van der Waals surface area contributed by atoms with E-state index in [-0.39, 0.29) is 5.04 Å². The Hall–Kier alpha value is -3.34. The van der Waals surface area contributed by atoms with Crippen LogP contribution in [-0.4, -0.2) is 38.2 Å². The van der Waals surface area contributed by atoms with E-state index in [9.17, 15) is 18.0 Å². The summed E-state index contributed by atoms with van der Waals surface area (Å²) in [5.74, 6) is 0. The number of fused-ring (bicyclic) bond motifs is 1. The zero-order chi connectivity index (χ0) is 22.6. The lowest BCUT2D eigenvalue weighted by atomic mass is 10.1. The summed E-state index contributed by atoms with van der Waals surface area (Å²) in [6.45, 7) is 0.439. The molecule has 0 saturated carbocycles. The number of rotatable bonds is 5. The predicted octanol–water partition coefficient (Wildman–Crippen LogP) is 5.13. The van der Waals surface area contributed by atoms with Crippen molar-refractivity contribution in [2.45, 2.75) is 19.5 Å². The molecule has 0 atom stereocenters. The maximum Gasteiger partial charge on any atom is 0.405 e. The third-order valence-electron chi connectivity index (χ3n) is 4.19. The van der Waals surface area contributed by atoms with Crippen LogP contribution >= 0.6 is 11.8 Å². The molecule has 2 heterocycles. The molecule has 0 fully saturated rings. The number of alkyl halides is 3. The first-order valence-electron chi connectivity index (χ1n) is 9.19. The zero-order valence-corrected chi connectivity index (χ0v) is 17.2. The van der Waals surface area contributed by atoms with Gasteiger partial charge in [0.05, 0.1) is 16.9 Å². The number of nitrogens with one attached hydrogen (secondary N) is 4. The van der Waals surface area contributed by atoms with E-state index in [1.807, 2.05) is 6.92 Å². The minimum atomic E-state index is -4.49. The van der Waals surface area contributed by atoms with Crippen LogP contribution in [0.4, 0.5) is 23.7 Å². The number of urea groups is 1. The van der Waals surface area contributed by atoms with E-state index in [4.69, 9.17) is 10.8 Å². The van der Waals surface area contributed by atoms with E-state index >= 15 is 0 Å². The molecule has 0 aliphatic carbocycles. The molecule has 1 aromatic carbocycles. The van der Waals surface area contributed by atoms with Crippen LogP contribution in [0.25, 0.3) is 16.9 Å². The SMILES string of the molecule is CCC(=N)SC(=N)c1ccn2c(-c3cccc(NC(=O)NCC(F)(F)F)c3)cnc2c1. The minimum absolute atomic E-state index is 0.259. The Morgan fingerprint density at radius 3 is 2.71 bits per heavy atom. The number of halogens is 3. The van der Waals surface area contributed by atoms with Crippen molar-refractivity contribution in [3.05, 3.63) is 54.4 Å². The van der Waals surface area contributed by atoms with Crippen molar-refractivity contribution in [3.8, 4) is 11.3 Å². The van der Waals surface area contributed by atoms with Crippen LogP contribution < -0.4 is 10.6 Å². The lowest BCUT2D eigenvalue weighted by molar-refractivity contribution is -0.122. The van der Waals surface area contributed by atoms with Gasteiger partial charge in [0.15, 0.2) is 0 Å². The van der Waals surface area contributed by atoms with Crippen molar-refractivity contribution in [1.82, 2.24) is 14.7 Å². The largest absolute Gasteiger partial charge is 0.405 e. The van der Waals surface area contributed by atoms with Crippen LogP contribution in [0.3, 0.4) is 0 Å². The molecule has 4 N–H and O–H groups in total. The van der Waals surface area contributed by atoms with Gasteiger partial charge in [-0.1, -0.05) is 30.8 Å². The zero-order valence-electron chi connectivity index (χ0n) is 16.4. The van der Waals surface area contributed by atoms with E-state index in [2.05, 4.69) is 10.3 Å². The number of hydrogen-bond acceptors (Lipinski definition) is 5. The monoisotopic (exact) mass is 448 g/mol. The fourth-order valence-corrected chi connectivity index (χ4v) is 3.34. The first kappa shape index (κ1) is 22.3. The Bertz CT molecular complexity index is 1140. The number of imidazole rings is 1. The van der Waals surface area contributed by atoms with Crippen LogP contribution in [0.2, 0.25) is 0 Å². The number of carbonyl (C=O) groups is 1. The summed E-state index contributed by atoms with van der Waals surface area (Å²) < 4.78 is 38.5. The summed E-state index contributed by atoms with van der Waals surface area (Å²) >= 11 is 1.09. The molecule has 2 aromatic heterocycles. The van der Waals surface area contributed by atoms with Gasteiger partial charge in [-0.3, -0.25) is 15.2 Å². The minimum Gasteiger partial charge on any atom is -0.329 e. The fraction of sp³-hybridized carbons (Fsp3) is 0.200. The number of amides is 2. The Morgan fingerprint density at radius 1 is 1.23 bits per heavy atom. The van der Waals surface area contributed by atoms with Gasteiger partial charge < -0.3 is 10.6 Å². The molecule has 11 heteroatoms. The summed E-state index contributed by atoms with van der Waals surface area (Å²) in [6.07, 6.45) is -0.539. The van der Waals surface area contributed by atoms with Gasteiger partial charge in [-0.15, -0.1) is 0 Å². The molecule has 3 rings (SSSR count). The van der Waals surface area contributed by atoms with Gasteiger partial charge in [0.1, 0.15) is 17.2 Å². The van der Waals surface area contributed by atoms with Crippen LogP contribution in [0.1, 0.15) is 18.9 Å². The molecule has 0 unspecified atom stereocenters. The normalized spacial score (nSPS) is 11.4. The predicted molar refractivity (Wildman–Crippen MR) is 116 cm³/mol. The highest BCUT2D eigenvalue weighted by molar-refractivity contribution is 8.26. The lowest BCUT2D eigenvalue weighted by Gasteiger charge is -2.11. The second-order valence-corrected chi connectivity index (χ2v) is 7.60. The number of pyridine rings is 1. The highest BCUT2D eigenvalue weighted by Gasteiger charge is 2.27. The van der Waals surface area contributed by atoms with Gasteiger partial charge in [0, 0.05) is 23.0 Å². The van der Waals surface area contributed by atoms with Gasteiger partial charge >= 0.3 is 12.2 Å². The quantitative estimate of drug-likeness (QED) is 0.321. The van der Waals surface area contributed by atoms with Crippen LogP contribution in [0.5, 0.6) is 0 Å². The number of aromatic nitrogens is 2.